The molecule has 7 atom stereocenters. The molecule has 9 nitrogen and oxygen atoms in total. The van der Waals surface area contributed by atoms with Crippen molar-refractivity contribution < 1.29 is 29.0 Å². The number of aliphatic hydroxyl groups is 1. The van der Waals surface area contributed by atoms with Gasteiger partial charge in [-0.25, -0.2) is 0 Å². The van der Waals surface area contributed by atoms with Gasteiger partial charge in [-0.05, 0) is 70.2 Å². The van der Waals surface area contributed by atoms with Gasteiger partial charge >= 0.3 is 0 Å². The Morgan fingerprint density at radius 3 is 2.38 bits per heavy atom. The maximum Gasteiger partial charge on any atom is 0.246 e. The van der Waals surface area contributed by atoms with Crippen LogP contribution >= 0.6 is 0 Å². The van der Waals surface area contributed by atoms with Gasteiger partial charge in [-0.1, -0.05) is 20.8 Å². The van der Waals surface area contributed by atoms with E-state index >= 15 is 0 Å². The summed E-state index contributed by atoms with van der Waals surface area (Å²) in [6.07, 6.45) is 0.482. The summed E-state index contributed by atoms with van der Waals surface area (Å²) in [5.74, 6) is -2.00. The van der Waals surface area contributed by atoms with Crippen molar-refractivity contribution in [1.82, 2.24) is 10.2 Å². The smallest absolute Gasteiger partial charge is 0.246 e. The molecule has 0 aromatic heterocycles. The Bertz CT molecular complexity index is 1040. The van der Waals surface area contributed by atoms with E-state index in [4.69, 9.17) is 9.47 Å². The van der Waals surface area contributed by atoms with E-state index in [9.17, 15) is 19.5 Å². The largest absolute Gasteiger partial charge is 0.494 e. The highest BCUT2D eigenvalue weighted by Crippen LogP contribution is 2.65. The number of nitrogens with zero attached hydrogens (tertiary/aromatic N) is 1. The van der Waals surface area contributed by atoms with Gasteiger partial charge in [-0.2, -0.15) is 0 Å². The van der Waals surface area contributed by atoms with Crippen LogP contribution in [0.1, 0.15) is 54.9 Å². The van der Waals surface area contributed by atoms with Gasteiger partial charge in [0.05, 0.1) is 36.7 Å². The van der Waals surface area contributed by atoms with Crippen molar-refractivity contribution in [2.75, 3.05) is 18.5 Å². The first-order valence-corrected chi connectivity index (χ1v) is 13.4. The normalized spacial score (nSPS) is 33.1. The minimum atomic E-state index is -1.15. The second kappa shape index (κ2) is 9.91. The Labute approximate surface area is 219 Å². The molecule has 1 spiro atoms. The molecule has 3 amide bonds. The average Bonchev–Trinajstić information content (AvgIpc) is 3.32. The lowest BCUT2D eigenvalue weighted by Gasteiger charge is -2.38. The van der Waals surface area contributed by atoms with E-state index in [0.717, 1.165) is 0 Å². The molecular weight excluding hydrogens is 474 g/mol. The number of hydrogen-bond acceptors (Lipinski definition) is 6. The molecule has 3 saturated heterocycles. The van der Waals surface area contributed by atoms with Crippen LogP contribution in [-0.4, -0.2) is 70.3 Å². The Hall–Kier alpha value is -2.65. The van der Waals surface area contributed by atoms with Crippen molar-refractivity contribution in [3.05, 3.63) is 24.3 Å². The van der Waals surface area contributed by atoms with Gasteiger partial charge in [0.15, 0.2) is 0 Å². The summed E-state index contributed by atoms with van der Waals surface area (Å²) < 4.78 is 12.2. The minimum absolute atomic E-state index is 0.0615. The van der Waals surface area contributed by atoms with Gasteiger partial charge in [0, 0.05) is 11.7 Å². The number of aliphatic hydroxyl groups excluding tert-OH is 1. The zero-order chi connectivity index (χ0) is 27.3. The summed E-state index contributed by atoms with van der Waals surface area (Å²) in [5.41, 5.74) is -1.47. The number of benzene rings is 1. The molecule has 1 aromatic rings. The SMILES string of the molecule is CCOc1ccc(NC(=O)[C@@H]2[C@H]3C(=O)N([C@@H](CO)C(C)C)C(C(=O)NC(C)C)C34CC(C)[C@@]2(C)O4)cc1. The van der Waals surface area contributed by atoms with Crippen LogP contribution in [0.3, 0.4) is 0 Å². The molecule has 3 fully saturated rings. The number of nitrogens with one attached hydrogen (secondary N) is 2. The number of carbonyl (C=O) groups is 3. The van der Waals surface area contributed by atoms with E-state index in [0.29, 0.717) is 24.5 Å². The molecule has 3 heterocycles. The zero-order valence-corrected chi connectivity index (χ0v) is 22.9. The van der Waals surface area contributed by atoms with Crippen molar-refractivity contribution in [1.29, 1.82) is 0 Å². The van der Waals surface area contributed by atoms with Crippen molar-refractivity contribution >= 4 is 23.4 Å². The highest BCUT2D eigenvalue weighted by Gasteiger charge is 2.80. The highest BCUT2D eigenvalue weighted by atomic mass is 16.5. The van der Waals surface area contributed by atoms with Crippen molar-refractivity contribution in [3.63, 3.8) is 0 Å². The van der Waals surface area contributed by atoms with E-state index in [1.54, 1.807) is 24.3 Å². The fourth-order valence-corrected chi connectivity index (χ4v) is 6.74. The molecule has 1 aromatic carbocycles. The third-order valence-electron chi connectivity index (χ3n) is 8.46. The molecule has 4 rings (SSSR count). The number of anilines is 1. The van der Waals surface area contributed by atoms with Gasteiger partial charge in [0.2, 0.25) is 17.7 Å². The van der Waals surface area contributed by atoms with Gasteiger partial charge in [-0.3, -0.25) is 14.4 Å². The summed E-state index contributed by atoms with van der Waals surface area (Å²) in [5, 5.41) is 16.2. The Balaban J connectivity index is 1.74. The first kappa shape index (κ1) is 27.4. The Kier molecular flexibility index (Phi) is 7.33. The first-order chi connectivity index (χ1) is 17.4. The molecule has 37 heavy (non-hydrogen) atoms. The van der Waals surface area contributed by atoms with E-state index in [1.165, 1.54) is 4.90 Å². The predicted octanol–water partition coefficient (Wildman–Crippen LogP) is 2.58. The lowest BCUT2D eigenvalue weighted by atomic mass is 9.62. The molecule has 3 aliphatic rings. The van der Waals surface area contributed by atoms with E-state index in [1.807, 2.05) is 48.5 Å². The van der Waals surface area contributed by atoms with Crippen LogP contribution in [0.5, 0.6) is 5.75 Å². The third kappa shape index (κ3) is 4.30. The maximum atomic E-state index is 14.2. The monoisotopic (exact) mass is 515 g/mol. The molecule has 204 valence electrons. The van der Waals surface area contributed by atoms with Crippen molar-refractivity contribution in [2.45, 2.75) is 84.2 Å². The second-order valence-electron chi connectivity index (χ2n) is 11.6. The summed E-state index contributed by atoms with van der Waals surface area (Å²) in [6, 6.07) is 5.45. The quantitative estimate of drug-likeness (QED) is 0.465. The molecule has 3 unspecified atom stereocenters. The Morgan fingerprint density at radius 2 is 1.84 bits per heavy atom. The molecule has 2 bridgehead atoms. The number of ether oxygens (including phenoxy) is 2. The summed E-state index contributed by atoms with van der Waals surface area (Å²) in [6.45, 7) is 13.6. The van der Waals surface area contributed by atoms with Gasteiger partial charge in [-0.15, -0.1) is 0 Å². The summed E-state index contributed by atoms with van der Waals surface area (Å²) >= 11 is 0. The number of hydrogen-bond donors (Lipinski definition) is 3. The summed E-state index contributed by atoms with van der Waals surface area (Å²) in [7, 11) is 0. The molecule has 9 heteroatoms. The molecule has 0 saturated carbocycles. The van der Waals surface area contributed by atoms with Crippen LogP contribution in [0, 0.1) is 23.7 Å². The number of likely N-dealkylation sites (tertiary alicyclic amines) is 1. The number of fused-ring (bicyclic) bond motifs is 1. The maximum absolute atomic E-state index is 14.2. The fraction of sp³-hybridized carbons (Fsp3) is 0.679. The first-order valence-electron chi connectivity index (χ1n) is 13.4. The fourth-order valence-electron chi connectivity index (χ4n) is 6.74. The second-order valence-corrected chi connectivity index (χ2v) is 11.6. The average molecular weight is 516 g/mol. The Morgan fingerprint density at radius 1 is 1.19 bits per heavy atom. The number of carbonyl (C=O) groups excluding carboxylic acids is 3. The van der Waals surface area contributed by atoms with Crippen LogP contribution in [0.4, 0.5) is 5.69 Å². The topological polar surface area (TPSA) is 117 Å². The van der Waals surface area contributed by atoms with Crippen LogP contribution in [0.2, 0.25) is 0 Å². The van der Waals surface area contributed by atoms with Gasteiger partial charge in [0.1, 0.15) is 17.4 Å². The number of amides is 3. The predicted molar refractivity (Wildman–Crippen MR) is 139 cm³/mol. The molecule has 0 aliphatic carbocycles. The lowest BCUT2D eigenvalue weighted by Crippen LogP contribution is -2.59. The third-order valence-corrected chi connectivity index (χ3v) is 8.46. The summed E-state index contributed by atoms with van der Waals surface area (Å²) in [4.78, 5) is 43.2. The van der Waals surface area contributed by atoms with Crippen LogP contribution in [0.25, 0.3) is 0 Å². The van der Waals surface area contributed by atoms with E-state index < -0.39 is 35.1 Å². The van der Waals surface area contributed by atoms with Crippen molar-refractivity contribution in [3.8, 4) is 5.75 Å². The standard InChI is InChI=1S/C28H41N3O6/c1-8-36-19-11-9-18(10-12-19)30-24(33)21-22-26(35)31(20(14-32)15(2)3)23(25(34)29-16(4)5)28(22)13-17(6)27(21,7)37-28/h9-12,15-17,20-23,32H,8,13-14H2,1-7H3,(H,29,34)(H,30,33)/t17?,20-,21-,22-,23?,27+,28?/m0/s1. The van der Waals surface area contributed by atoms with Gasteiger partial charge < -0.3 is 30.1 Å². The lowest BCUT2D eigenvalue weighted by molar-refractivity contribution is -0.151. The molecular formula is C28H41N3O6. The molecule has 3 aliphatic heterocycles. The molecule has 3 N–H and O–H groups in total. The van der Waals surface area contributed by atoms with Crippen LogP contribution in [0.15, 0.2) is 24.3 Å². The number of rotatable bonds is 9. The van der Waals surface area contributed by atoms with Gasteiger partial charge in [0.25, 0.3) is 0 Å². The zero-order valence-electron chi connectivity index (χ0n) is 22.9. The minimum Gasteiger partial charge on any atom is -0.494 e. The van der Waals surface area contributed by atoms with E-state index in [-0.39, 0.29) is 42.2 Å². The molecule has 0 radical (unpaired) electrons. The highest BCUT2D eigenvalue weighted by molar-refractivity contribution is 6.02. The van der Waals surface area contributed by atoms with Crippen molar-refractivity contribution in [2.24, 2.45) is 23.7 Å². The van der Waals surface area contributed by atoms with Crippen LogP contribution < -0.4 is 15.4 Å². The van der Waals surface area contributed by atoms with Crippen LogP contribution in [-0.2, 0) is 19.1 Å². The van der Waals surface area contributed by atoms with E-state index in [2.05, 4.69) is 10.6 Å².